The van der Waals surface area contributed by atoms with Crippen LogP contribution in [0.1, 0.15) is 38.7 Å². The molecular weight excluding hydrogens is 240 g/mol. The molecule has 0 spiro atoms. The van der Waals surface area contributed by atoms with E-state index in [4.69, 9.17) is 5.73 Å². The van der Waals surface area contributed by atoms with Gasteiger partial charge >= 0.3 is 0 Å². The van der Waals surface area contributed by atoms with E-state index >= 15 is 0 Å². The Labute approximate surface area is 115 Å². The summed E-state index contributed by atoms with van der Waals surface area (Å²) in [6, 6.07) is 3.08. The second-order valence-electron chi connectivity index (χ2n) is 6.02. The molecule has 1 aromatic rings. The molecule has 0 bridgehead atoms. The molecule has 0 aromatic carbocycles. The van der Waals surface area contributed by atoms with Crippen LogP contribution in [-0.2, 0) is 6.54 Å². The minimum absolute atomic E-state index is 0.657. The number of hydrogen-bond donors (Lipinski definition) is 1. The fourth-order valence-corrected chi connectivity index (χ4v) is 3.30. The number of thiophene rings is 1. The van der Waals surface area contributed by atoms with Crippen LogP contribution in [0.4, 0.5) is 0 Å². The molecule has 0 radical (unpaired) electrons. The molecule has 0 amide bonds. The van der Waals surface area contributed by atoms with E-state index in [1.165, 1.54) is 31.4 Å². The lowest BCUT2D eigenvalue weighted by Crippen LogP contribution is -2.34. The smallest absolute Gasteiger partial charge is 0.0245 e. The van der Waals surface area contributed by atoms with Gasteiger partial charge in [-0.25, -0.2) is 0 Å². The van der Waals surface area contributed by atoms with E-state index in [2.05, 4.69) is 35.6 Å². The second-order valence-corrected chi connectivity index (χ2v) is 6.80. The molecule has 18 heavy (non-hydrogen) atoms. The average Bonchev–Trinajstić information content (AvgIpc) is 3.06. The normalized spacial score (nSPS) is 17.6. The monoisotopic (exact) mass is 266 g/mol. The first-order valence-corrected chi connectivity index (χ1v) is 8.08. The van der Waals surface area contributed by atoms with Crippen LogP contribution in [0.25, 0.3) is 0 Å². The highest BCUT2D eigenvalue weighted by atomic mass is 32.1. The fraction of sp³-hybridized carbons (Fsp3) is 0.733. The summed E-state index contributed by atoms with van der Waals surface area (Å²) in [7, 11) is 0. The lowest BCUT2D eigenvalue weighted by atomic mass is 9.96. The number of hydrogen-bond acceptors (Lipinski definition) is 3. The number of nitrogens with two attached hydrogens (primary N) is 1. The van der Waals surface area contributed by atoms with Gasteiger partial charge in [-0.2, -0.15) is 11.3 Å². The molecule has 1 unspecified atom stereocenters. The molecular formula is C15H26N2S. The van der Waals surface area contributed by atoms with Gasteiger partial charge in [-0.3, -0.25) is 4.90 Å². The summed E-state index contributed by atoms with van der Waals surface area (Å²) in [5, 5.41) is 4.45. The van der Waals surface area contributed by atoms with E-state index in [0.717, 1.165) is 25.0 Å². The average molecular weight is 266 g/mol. The molecule has 1 fully saturated rings. The second kappa shape index (κ2) is 6.69. The Bertz CT molecular complexity index is 330. The molecule has 2 rings (SSSR count). The van der Waals surface area contributed by atoms with Crippen molar-refractivity contribution in [2.45, 2.75) is 45.7 Å². The largest absolute Gasteiger partial charge is 0.330 e. The van der Waals surface area contributed by atoms with Crippen LogP contribution in [0.2, 0.25) is 0 Å². The van der Waals surface area contributed by atoms with Gasteiger partial charge in [0.05, 0.1) is 0 Å². The molecule has 1 aromatic heterocycles. The molecule has 2 N–H and O–H groups in total. The van der Waals surface area contributed by atoms with E-state index in [1.807, 2.05) is 0 Å². The van der Waals surface area contributed by atoms with Crippen LogP contribution in [-0.4, -0.2) is 24.0 Å². The molecule has 1 heterocycles. The van der Waals surface area contributed by atoms with Gasteiger partial charge in [0, 0.05) is 19.1 Å². The maximum atomic E-state index is 5.94. The van der Waals surface area contributed by atoms with Crippen molar-refractivity contribution in [1.82, 2.24) is 4.90 Å². The van der Waals surface area contributed by atoms with Gasteiger partial charge in [0.25, 0.3) is 0 Å². The third-order valence-electron chi connectivity index (χ3n) is 3.66. The Morgan fingerprint density at radius 3 is 2.72 bits per heavy atom. The van der Waals surface area contributed by atoms with Crippen LogP contribution in [0, 0.1) is 11.8 Å². The van der Waals surface area contributed by atoms with Gasteiger partial charge in [-0.15, -0.1) is 0 Å². The Balaban J connectivity index is 1.88. The summed E-state index contributed by atoms with van der Waals surface area (Å²) in [4.78, 5) is 2.65. The molecule has 1 atom stereocenters. The predicted molar refractivity (Wildman–Crippen MR) is 79.8 cm³/mol. The SMILES string of the molecule is CC(C)CC(CN)CN(Cc1ccsc1)C1CC1. The molecule has 3 heteroatoms. The number of nitrogens with zero attached hydrogens (tertiary/aromatic N) is 1. The Kier molecular flexibility index (Phi) is 5.22. The first-order chi connectivity index (χ1) is 8.69. The minimum atomic E-state index is 0.657. The maximum Gasteiger partial charge on any atom is 0.0245 e. The zero-order chi connectivity index (χ0) is 13.0. The van der Waals surface area contributed by atoms with Crippen LogP contribution in [0.5, 0.6) is 0 Å². The lowest BCUT2D eigenvalue weighted by molar-refractivity contribution is 0.201. The Morgan fingerprint density at radius 1 is 1.44 bits per heavy atom. The quantitative estimate of drug-likeness (QED) is 0.782. The summed E-state index contributed by atoms with van der Waals surface area (Å²) in [6.07, 6.45) is 4.01. The van der Waals surface area contributed by atoms with Gasteiger partial charge in [0.1, 0.15) is 0 Å². The van der Waals surface area contributed by atoms with Gasteiger partial charge in [0.15, 0.2) is 0 Å². The van der Waals surface area contributed by atoms with E-state index in [9.17, 15) is 0 Å². The van der Waals surface area contributed by atoms with Crippen molar-refractivity contribution in [2.24, 2.45) is 17.6 Å². The molecule has 1 aliphatic rings. The summed E-state index contributed by atoms with van der Waals surface area (Å²) in [6.45, 7) is 7.70. The summed E-state index contributed by atoms with van der Waals surface area (Å²) >= 11 is 1.80. The first kappa shape index (κ1) is 14.0. The van der Waals surface area contributed by atoms with Gasteiger partial charge in [0.2, 0.25) is 0 Å². The fourth-order valence-electron chi connectivity index (χ4n) is 2.64. The van der Waals surface area contributed by atoms with Crippen LogP contribution in [0.3, 0.4) is 0 Å². The molecule has 102 valence electrons. The number of rotatable bonds is 8. The zero-order valence-electron chi connectivity index (χ0n) is 11.6. The maximum absolute atomic E-state index is 5.94. The van der Waals surface area contributed by atoms with Gasteiger partial charge in [-0.1, -0.05) is 13.8 Å². The van der Waals surface area contributed by atoms with Crippen molar-refractivity contribution in [1.29, 1.82) is 0 Å². The standard InChI is InChI=1S/C15H26N2S/c1-12(2)7-14(8-16)10-17(15-3-4-15)9-13-5-6-18-11-13/h5-6,11-12,14-15H,3-4,7-10,16H2,1-2H3. The molecule has 0 saturated heterocycles. The predicted octanol–water partition coefficient (Wildman–Crippen LogP) is 3.33. The van der Waals surface area contributed by atoms with Crippen molar-refractivity contribution in [3.63, 3.8) is 0 Å². The van der Waals surface area contributed by atoms with Crippen molar-refractivity contribution in [2.75, 3.05) is 13.1 Å². The van der Waals surface area contributed by atoms with Crippen molar-refractivity contribution in [3.05, 3.63) is 22.4 Å². The molecule has 1 saturated carbocycles. The van der Waals surface area contributed by atoms with Crippen LogP contribution in [0.15, 0.2) is 16.8 Å². The van der Waals surface area contributed by atoms with Gasteiger partial charge in [-0.05, 0) is 60.0 Å². The highest BCUT2D eigenvalue weighted by Gasteiger charge is 2.30. The zero-order valence-corrected chi connectivity index (χ0v) is 12.5. The van der Waals surface area contributed by atoms with Crippen molar-refractivity contribution < 1.29 is 0 Å². The van der Waals surface area contributed by atoms with E-state index in [1.54, 1.807) is 11.3 Å². The topological polar surface area (TPSA) is 29.3 Å². The molecule has 2 nitrogen and oxygen atoms in total. The highest BCUT2D eigenvalue weighted by Crippen LogP contribution is 2.30. The lowest BCUT2D eigenvalue weighted by Gasteiger charge is -2.27. The first-order valence-electron chi connectivity index (χ1n) is 7.14. The van der Waals surface area contributed by atoms with Crippen molar-refractivity contribution >= 4 is 11.3 Å². The van der Waals surface area contributed by atoms with E-state index in [0.29, 0.717) is 5.92 Å². The van der Waals surface area contributed by atoms with Crippen LogP contribution < -0.4 is 5.73 Å². The minimum Gasteiger partial charge on any atom is -0.330 e. The third-order valence-corrected chi connectivity index (χ3v) is 4.39. The third kappa shape index (κ3) is 4.38. The van der Waals surface area contributed by atoms with Crippen LogP contribution >= 0.6 is 11.3 Å². The van der Waals surface area contributed by atoms with Crippen molar-refractivity contribution in [3.8, 4) is 0 Å². The summed E-state index contributed by atoms with van der Waals surface area (Å²) in [5.74, 6) is 1.41. The summed E-state index contributed by atoms with van der Waals surface area (Å²) < 4.78 is 0. The Morgan fingerprint density at radius 2 is 2.22 bits per heavy atom. The van der Waals surface area contributed by atoms with Gasteiger partial charge < -0.3 is 5.73 Å². The molecule has 0 aliphatic heterocycles. The van der Waals surface area contributed by atoms with E-state index in [-0.39, 0.29) is 0 Å². The highest BCUT2D eigenvalue weighted by molar-refractivity contribution is 7.07. The summed E-state index contributed by atoms with van der Waals surface area (Å²) in [5.41, 5.74) is 7.40. The van der Waals surface area contributed by atoms with E-state index < -0.39 is 0 Å². The Hall–Kier alpha value is -0.380. The molecule has 1 aliphatic carbocycles.